The van der Waals surface area contributed by atoms with Crippen molar-refractivity contribution in [3.05, 3.63) is 29.8 Å². The Morgan fingerprint density at radius 3 is 2.52 bits per heavy atom. The fourth-order valence-electron chi connectivity index (χ4n) is 3.12. The van der Waals surface area contributed by atoms with Gasteiger partial charge in [-0.2, -0.15) is 13.2 Å². The largest absolute Gasteiger partial charge is 0.481 e. The molecular formula is C17H21F3N2O3. The molecule has 25 heavy (non-hydrogen) atoms. The third kappa shape index (κ3) is 5.95. The van der Waals surface area contributed by atoms with E-state index in [0.29, 0.717) is 24.1 Å². The van der Waals surface area contributed by atoms with Crippen molar-refractivity contribution in [3.63, 3.8) is 0 Å². The van der Waals surface area contributed by atoms with E-state index in [1.54, 1.807) is 24.3 Å². The fourth-order valence-corrected chi connectivity index (χ4v) is 3.12. The van der Waals surface area contributed by atoms with E-state index in [0.717, 1.165) is 12.8 Å². The summed E-state index contributed by atoms with van der Waals surface area (Å²) >= 11 is 0. The number of carbonyl (C=O) groups is 2. The molecule has 8 heteroatoms. The van der Waals surface area contributed by atoms with Crippen molar-refractivity contribution in [1.82, 2.24) is 5.32 Å². The predicted octanol–water partition coefficient (Wildman–Crippen LogP) is 3.95. The number of nitrogens with one attached hydrogen (secondary N) is 2. The van der Waals surface area contributed by atoms with Gasteiger partial charge in [-0.05, 0) is 42.9 Å². The molecule has 1 atom stereocenters. The average Bonchev–Trinajstić information content (AvgIpc) is 3.04. The number of benzene rings is 1. The number of halogens is 3. The smallest absolute Gasteiger partial charge is 0.408 e. The van der Waals surface area contributed by atoms with Gasteiger partial charge in [-0.3, -0.25) is 4.79 Å². The van der Waals surface area contributed by atoms with Gasteiger partial charge in [0.1, 0.15) is 6.04 Å². The first-order chi connectivity index (χ1) is 11.8. The van der Waals surface area contributed by atoms with Crippen molar-refractivity contribution in [3.8, 4) is 0 Å². The normalized spacial score (nSPS) is 16.4. The van der Waals surface area contributed by atoms with E-state index in [1.807, 2.05) is 5.32 Å². The van der Waals surface area contributed by atoms with Crippen molar-refractivity contribution < 1.29 is 27.9 Å². The number of aliphatic carboxylic acids is 1. The van der Waals surface area contributed by atoms with Crippen LogP contribution < -0.4 is 10.6 Å². The molecule has 0 aromatic heterocycles. The molecule has 1 aromatic rings. The summed E-state index contributed by atoms with van der Waals surface area (Å²) in [6, 6.07) is 3.64. The first kappa shape index (κ1) is 19.1. The number of amides is 2. The molecule has 1 saturated carbocycles. The predicted molar refractivity (Wildman–Crippen MR) is 86.4 cm³/mol. The van der Waals surface area contributed by atoms with Gasteiger partial charge in [-0.25, -0.2) is 4.79 Å². The number of carboxylic acid groups (broad SMARTS) is 1. The molecule has 0 aliphatic heterocycles. The zero-order valence-corrected chi connectivity index (χ0v) is 13.6. The van der Waals surface area contributed by atoms with E-state index < -0.39 is 30.1 Å². The quantitative estimate of drug-likeness (QED) is 0.721. The third-order valence-corrected chi connectivity index (χ3v) is 4.32. The monoisotopic (exact) mass is 358 g/mol. The van der Waals surface area contributed by atoms with E-state index in [2.05, 4.69) is 5.32 Å². The van der Waals surface area contributed by atoms with Crippen molar-refractivity contribution in [1.29, 1.82) is 0 Å². The minimum atomic E-state index is -4.49. The zero-order valence-electron chi connectivity index (χ0n) is 13.6. The highest BCUT2D eigenvalue weighted by atomic mass is 19.4. The average molecular weight is 358 g/mol. The number of anilines is 1. The van der Waals surface area contributed by atoms with Gasteiger partial charge in [-0.15, -0.1) is 0 Å². The maximum Gasteiger partial charge on any atom is 0.408 e. The molecule has 3 N–H and O–H groups in total. The van der Waals surface area contributed by atoms with Crippen LogP contribution in [0.15, 0.2) is 24.3 Å². The molecule has 1 unspecified atom stereocenters. The lowest BCUT2D eigenvalue weighted by Gasteiger charge is -2.27. The maximum atomic E-state index is 13.2. The van der Waals surface area contributed by atoms with Crippen LogP contribution in [0.3, 0.4) is 0 Å². The highest BCUT2D eigenvalue weighted by Crippen LogP contribution is 2.35. The van der Waals surface area contributed by atoms with E-state index in [1.165, 1.54) is 0 Å². The van der Waals surface area contributed by atoms with Gasteiger partial charge in [0.25, 0.3) is 0 Å². The summed E-state index contributed by atoms with van der Waals surface area (Å²) in [6.45, 7) is 0. The first-order valence-electron chi connectivity index (χ1n) is 8.20. The molecule has 1 fully saturated rings. The second-order valence-corrected chi connectivity index (χ2v) is 6.26. The van der Waals surface area contributed by atoms with E-state index in [4.69, 9.17) is 5.11 Å². The van der Waals surface area contributed by atoms with Gasteiger partial charge >= 0.3 is 18.2 Å². The summed E-state index contributed by atoms with van der Waals surface area (Å²) in [7, 11) is 0. The topological polar surface area (TPSA) is 78.4 Å². The Labute approximate surface area is 143 Å². The Kier molecular flexibility index (Phi) is 6.27. The summed E-state index contributed by atoms with van der Waals surface area (Å²) in [5.41, 5.74) is 1.01. The highest BCUT2D eigenvalue weighted by Gasteiger charge is 2.46. The molecule has 2 amide bonds. The van der Waals surface area contributed by atoms with Crippen LogP contribution in [0.4, 0.5) is 23.7 Å². The molecule has 0 radical (unpaired) electrons. The number of hydrogen-bond donors (Lipinski definition) is 3. The molecule has 0 heterocycles. The van der Waals surface area contributed by atoms with Gasteiger partial charge in [0.2, 0.25) is 0 Å². The minimum absolute atomic E-state index is 0.0620. The molecule has 138 valence electrons. The Morgan fingerprint density at radius 2 is 1.92 bits per heavy atom. The Balaban J connectivity index is 1.98. The molecule has 0 saturated heterocycles. The van der Waals surface area contributed by atoms with Crippen molar-refractivity contribution in [2.24, 2.45) is 5.92 Å². The molecule has 1 aliphatic carbocycles. The lowest BCUT2D eigenvalue weighted by Crippen LogP contribution is -2.50. The van der Waals surface area contributed by atoms with Gasteiger partial charge in [0, 0.05) is 12.1 Å². The summed E-state index contributed by atoms with van der Waals surface area (Å²) in [5, 5.41) is 13.1. The molecule has 2 rings (SSSR count). The summed E-state index contributed by atoms with van der Waals surface area (Å²) < 4.78 is 39.6. The van der Waals surface area contributed by atoms with Crippen LogP contribution in [0.25, 0.3) is 0 Å². The molecule has 1 aromatic carbocycles. The Morgan fingerprint density at radius 1 is 1.24 bits per heavy atom. The van der Waals surface area contributed by atoms with Crippen LogP contribution >= 0.6 is 0 Å². The van der Waals surface area contributed by atoms with Crippen molar-refractivity contribution >= 4 is 17.7 Å². The van der Waals surface area contributed by atoms with Crippen LogP contribution in [0.1, 0.15) is 37.7 Å². The standard InChI is InChI=1S/C17H21F3N2O3/c18-17(19,20)15(12-5-1-2-6-12)22-16(25)21-13-7-3-4-11(10-13)8-9-14(23)24/h3-4,7,10,12,15H,1-2,5-6,8-9H2,(H,23,24)(H2,21,22,25). The second-order valence-electron chi connectivity index (χ2n) is 6.26. The molecule has 1 aliphatic rings. The number of urea groups is 1. The SMILES string of the molecule is O=C(O)CCc1cccc(NC(=O)NC(C2CCCC2)C(F)(F)F)c1. The van der Waals surface area contributed by atoms with E-state index >= 15 is 0 Å². The highest BCUT2D eigenvalue weighted by molar-refractivity contribution is 5.89. The second kappa shape index (κ2) is 8.22. The van der Waals surface area contributed by atoms with Crippen LogP contribution in [-0.4, -0.2) is 29.3 Å². The van der Waals surface area contributed by atoms with E-state index in [-0.39, 0.29) is 12.8 Å². The van der Waals surface area contributed by atoms with Gasteiger partial charge in [0.15, 0.2) is 0 Å². The molecular weight excluding hydrogens is 337 g/mol. The summed E-state index contributed by atoms with van der Waals surface area (Å²) in [4.78, 5) is 22.6. The molecule has 0 spiro atoms. The van der Waals surface area contributed by atoms with Crippen LogP contribution in [0.5, 0.6) is 0 Å². The Bertz CT molecular complexity index is 613. The third-order valence-electron chi connectivity index (χ3n) is 4.32. The number of hydrogen-bond acceptors (Lipinski definition) is 2. The number of carbonyl (C=O) groups excluding carboxylic acids is 1. The molecule has 0 bridgehead atoms. The van der Waals surface area contributed by atoms with E-state index in [9.17, 15) is 22.8 Å². The summed E-state index contributed by atoms with van der Waals surface area (Å²) in [6.07, 6.45) is -1.88. The first-order valence-corrected chi connectivity index (χ1v) is 8.20. The minimum Gasteiger partial charge on any atom is -0.481 e. The summed E-state index contributed by atoms with van der Waals surface area (Å²) in [5.74, 6) is -1.53. The van der Waals surface area contributed by atoms with Gasteiger partial charge < -0.3 is 15.7 Å². The van der Waals surface area contributed by atoms with Crippen molar-refractivity contribution in [2.75, 3.05) is 5.32 Å². The zero-order chi connectivity index (χ0) is 18.4. The molecule has 5 nitrogen and oxygen atoms in total. The van der Waals surface area contributed by atoms with Gasteiger partial charge in [-0.1, -0.05) is 25.0 Å². The van der Waals surface area contributed by atoms with Gasteiger partial charge in [0.05, 0.1) is 0 Å². The maximum absolute atomic E-state index is 13.2. The number of carboxylic acids is 1. The lowest BCUT2D eigenvalue weighted by molar-refractivity contribution is -0.164. The lowest BCUT2D eigenvalue weighted by atomic mass is 9.98. The number of alkyl halides is 3. The number of rotatable bonds is 6. The van der Waals surface area contributed by atoms with Crippen LogP contribution in [0.2, 0.25) is 0 Å². The van der Waals surface area contributed by atoms with Crippen molar-refractivity contribution in [2.45, 2.75) is 50.7 Å². The van der Waals surface area contributed by atoms with Crippen LogP contribution in [0, 0.1) is 5.92 Å². The number of aryl methyl sites for hydroxylation is 1. The Hall–Kier alpha value is -2.25. The fraction of sp³-hybridized carbons (Fsp3) is 0.529. The van der Waals surface area contributed by atoms with Crippen LogP contribution in [-0.2, 0) is 11.2 Å².